The molecule has 0 aromatic heterocycles. The van der Waals surface area contributed by atoms with Crippen LogP contribution in [0, 0.1) is 0 Å². The van der Waals surface area contributed by atoms with Crippen LogP contribution in [0.25, 0.3) is 0 Å². The summed E-state index contributed by atoms with van der Waals surface area (Å²) in [6.07, 6.45) is 1.63. The van der Waals surface area contributed by atoms with Crippen LogP contribution in [-0.2, 0) is 14.2 Å². The van der Waals surface area contributed by atoms with Gasteiger partial charge in [-0.15, -0.1) is 0 Å². The summed E-state index contributed by atoms with van der Waals surface area (Å²) >= 11 is 0. The summed E-state index contributed by atoms with van der Waals surface area (Å²) < 4.78 is 11.8. The van der Waals surface area contributed by atoms with Gasteiger partial charge in [-0.1, -0.05) is 26.3 Å². The number of carbonyl (C=O) groups is 2. The third kappa shape index (κ3) is 60.5. The fourth-order valence-corrected chi connectivity index (χ4v) is 0.211. The summed E-state index contributed by atoms with van der Waals surface area (Å²) in [4.78, 5) is 18.4. The van der Waals surface area contributed by atoms with Crippen LogP contribution in [0.5, 0.6) is 0 Å². The molecule has 0 fully saturated rings. The molecule has 0 unspecified atom stereocenters. The van der Waals surface area contributed by atoms with Crippen molar-refractivity contribution in [1.29, 1.82) is 0 Å². The molecule has 0 aromatic carbocycles. The normalized spacial score (nSPS) is 6.35. The van der Waals surface area contributed by atoms with Gasteiger partial charge in [0.1, 0.15) is 0 Å². The van der Waals surface area contributed by atoms with E-state index in [2.05, 4.69) is 40.5 Å². The molecule has 0 rings (SSSR count). The van der Waals surface area contributed by atoms with Crippen LogP contribution in [0.1, 0.15) is 0 Å². The number of rotatable bonds is 4. The zero-order chi connectivity index (χ0) is 14.1. The van der Waals surface area contributed by atoms with Crippen molar-refractivity contribution in [2.45, 2.75) is 0 Å². The summed E-state index contributed by atoms with van der Waals surface area (Å²) in [5, 5.41) is 15.0. The maximum atomic E-state index is 9.21. The van der Waals surface area contributed by atoms with Crippen molar-refractivity contribution in [2.24, 2.45) is 0 Å². The van der Waals surface area contributed by atoms with Gasteiger partial charge < -0.3 is 24.4 Å². The first kappa shape index (κ1) is 19.8. The monoisotopic (exact) mass is 246 g/mol. The quantitative estimate of drug-likeness (QED) is 0.446. The van der Waals surface area contributed by atoms with E-state index in [0.717, 1.165) is 0 Å². The molecule has 0 aliphatic heterocycles. The topological polar surface area (TPSA) is 102 Å². The van der Waals surface area contributed by atoms with Gasteiger partial charge in [0, 0.05) is 0 Å². The average molecular weight is 246 g/mol. The second kappa shape index (κ2) is 19.0. The second-order valence-electron chi connectivity index (χ2n) is 1.57. The van der Waals surface area contributed by atoms with Gasteiger partial charge in [0.15, 0.2) is 0 Å². The largest absolute Gasteiger partial charge is 0.516 e. The summed E-state index contributed by atoms with van der Waals surface area (Å²) in [5.41, 5.74) is 0. The molecule has 0 amide bonds. The van der Waals surface area contributed by atoms with Crippen LogP contribution < -0.4 is 0 Å². The molecule has 17 heavy (non-hydrogen) atoms. The van der Waals surface area contributed by atoms with E-state index in [1.807, 2.05) is 0 Å². The van der Waals surface area contributed by atoms with Gasteiger partial charge in [0.2, 0.25) is 0 Å². The lowest BCUT2D eigenvalue weighted by Gasteiger charge is -1.84. The van der Waals surface area contributed by atoms with E-state index in [0.29, 0.717) is 0 Å². The molecule has 0 heterocycles. The molecule has 7 heteroatoms. The highest BCUT2D eigenvalue weighted by molar-refractivity contribution is 5.74. The van der Waals surface area contributed by atoms with Gasteiger partial charge in [-0.25, -0.2) is 9.59 Å². The standard InChI is InChI=1S/2C4H6O.C2H2O5/c2*1-3-5-4-2;3-1(4)7-2(5)6/h2*3-4H,1-2H2;(H,3,4)(H,5,6). The molecular weight excluding hydrogens is 232 g/mol. The summed E-state index contributed by atoms with van der Waals surface area (Å²) in [6.45, 7) is 13.0. The maximum absolute atomic E-state index is 9.21. The average Bonchev–Trinajstić information content (AvgIpc) is 2.19. The van der Waals surface area contributed by atoms with Gasteiger partial charge >= 0.3 is 12.3 Å². The van der Waals surface area contributed by atoms with Crippen molar-refractivity contribution in [2.75, 3.05) is 0 Å². The van der Waals surface area contributed by atoms with Gasteiger partial charge in [0.05, 0.1) is 25.0 Å². The van der Waals surface area contributed by atoms with Gasteiger partial charge in [-0.3, -0.25) is 0 Å². The van der Waals surface area contributed by atoms with Crippen LogP contribution in [0.4, 0.5) is 9.59 Å². The Bertz CT molecular complexity index is 219. The van der Waals surface area contributed by atoms with Crippen molar-refractivity contribution < 1.29 is 34.0 Å². The smallest absolute Gasteiger partial charge is 0.474 e. The molecule has 0 aromatic rings. The van der Waals surface area contributed by atoms with Gasteiger partial charge in [-0.05, 0) is 0 Å². The number of hydrogen-bond acceptors (Lipinski definition) is 5. The number of carboxylic acid groups (broad SMARTS) is 2. The molecule has 0 aliphatic carbocycles. The van der Waals surface area contributed by atoms with Gasteiger partial charge in [0.25, 0.3) is 0 Å². The summed E-state index contributed by atoms with van der Waals surface area (Å²) in [7, 11) is 0. The van der Waals surface area contributed by atoms with Crippen LogP contribution >= 0.6 is 0 Å². The number of ether oxygens (including phenoxy) is 3. The lowest BCUT2D eigenvalue weighted by molar-refractivity contribution is 0.0802. The Morgan fingerprint density at radius 1 is 0.765 bits per heavy atom. The van der Waals surface area contributed by atoms with Crippen molar-refractivity contribution in [3.05, 3.63) is 51.4 Å². The van der Waals surface area contributed by atoms with Crippen molar-refractivity contribution in [1.82, 2.24) is 0 Å². The Balaban J connectivity index is -0.000000177. The fraction of sp³-hybridized carbons (Fsp3) is 0. The molecule has 0 radical (unpaired) electrons. The highest BCUT2D eigenvalue weighted by Gasteiger charge is 2.01. The summed E-state index contributed by atoms with van der Waals surface area (Å²) in [6, 6.07) is 0. The Hall–Kier alpha value is -2.70. The van der Waals surface area contributed by atoms with E-state index < -0.39 is 12.3 Å². The summed E-state index contributed by atoms with van der Waals surface area (Å²) in [5.74, 6) is 0. The molecule has 0 bridgehead atoms. The Labute approximate surface area is 98.5 Å². The third-order valence-electron chi connectivity index (χ3n) is 0.560. The first-order valence-electron chi connectivity index (χ1n) is 3.84. The fourth-order valence-electron chi connectivity index (χ4n) is 0.211. The van der Waals surface area contributed by atoms with E-state index in [1.54, 1.807) is 0 Å². The lowest BCUT2D eigenvalue weighted by atomic mass is 11.1. The first-order chi connectivity index (χ1) is 7.95. The lowest BCUT2D eigenvalue weighted by Crippen LogP contribution is -2.05. The molecule has 2 N–H and O–H groups in total. The minimum atomic E-state index is -1.81. The van der Waals surface area contributed by atoms with E-state index >= 15 is 0 Å². The zero-order valence-corrected chi connectivity index (χ0v) is 9.07. The molecule has 96 valence electrons. The molecular formula is C10H14O7. The van der Waals surface area contributed by atoms with Gasteiger partial charge in [-0.2, -0.15) is 0 Å². The van der Waals surface area contributed by atoms with Crippen molar-refractivity contribution in [3.63, 3.8) is 0 Å². The Kier molecular flexibility index (Phi) is 22.1. The highest BCUT2D eigenvalue weighted by Crippen LogP contribution is 1.73. The molecule has 0 aliphatic rings. The third-order valence-corrected chi connectivity index (χ3v) is 0.560. The SMILES string of the molecule is C=COC=C.C=COC=C.O=C(O)OC(=O)O. The Morgan fingerprint density at radius 2 is 1.00 bits per heavy atom. The number of hydrogen-bond donors (Lipinski definition) is 2. The maximum Gasteiger partial charge on any atom is 0.516 e. The van der Waals surface area contributed by atoms with E-state index in [4.69, 9.17) is 10.2 Å². The van der Waals surface area contributed by atoms with E-state index in [1.165, 1.54) is 25.0 Å². The molecule has 0 spiro atoms. The predicted octanol–water partition coefficient (Wildman–Crippen LogP) is 2.94. The Morgan fingerprint density at radius 3 is 1.00 bits per heavy atom. The molecule has 0 saturated carbocycles. The predicted molar refractivity (Wildman–Crippen MR) is 60.1 cm³/mol. The van der Waals surface area contributed by atoms with Crippen LogP contribution in [0.2, 0.25) is 0 Å². The zero-order valence-electron chi connectivity index (χ0n) is 9.07. The van der Waals surface area contributed by atoms with E-state index in [-0.39, 0.29) is 0 Å². The first-order valence-corrected chi connectivity index (χ1v) is 3.84. The van der Waals surface area contributed by atoms with E-state index in [9.17, 15) is 9.59 Å². The molecule has 0 atom stereocenters. The highest BCUT2D eigenvalue weighted by atomic mass is 16.7. The minimum absolute atomic E-state index is 1.31. The van der Waals surface area contributed by atoms with Crippen molar-refractivity contribution in [3.8, 4) is 0 Å². The van der Waals surface area contributed by atoms with Crippen LogP contribution in [0.3, 0.4) is 0 Å². The van der Waals surface area contributed by atoms with Crippen LogP contribution in [-0.4, -0.2) is 22.5 Å². The molecule has 7 nitrogen and oxygen atoms in total. The second-order valence-corrected chi connectivity index (χ2v) is 1.57. The minimum Gasteiger partial charge on any atom is -0.474 e. The van der Waals surface area contributed by atoms with Crippen molar-refractivity contribution >= 4 is 12.3 Å². The molecule has 0 saturated heterocycles. The van der Waals surface area contributed by atoms with Crippen LogP contribution in [0.15, 0.2) is 51.4 Å².